The van der Waals surface area contributed by atoms with Gasteiger partial charge in [0.25, 0.3) is 5.91 Å². The van der Waals surface area contributed by atoms with E-state index in [0.29, 0.717) is 51.2 Å². The maximum Gasteiger partial charge on any atom is 0.328 e. The Hall–Kier alpha value is -6.39. The lowest BCUT2D eigenvalue weighted by molar-refractivity contribution is -0.140. The highest BCUT2D eigenvalue weighted by Crippen LogP contribution is 2.40. The van der Waals surface area contributed by atoms with Gasteiger partial charge in [0.15, 0.2) is 11.8 Å². The molecule has 288 valence electrons. The summed E-state index contributed by atoms with van der Waals surface area (Å²) in [5.74, 6) is -0.207. The molecule has 2 atom stereocenters. The van der Waals surface area contributed by atoms with Crippen LogP contribution in [0.2, 0.25) is 0 Å². The summed E-state index contributed by atoms with van der Waals surface area (Å²) in [5, 5.41) is 31.1. The SMILES string of the molecule is COc1cc(Nc2cc(Oc3ccc(NC(=O)Nc4cc(C(C)(C)C)cc(NS(C)=O)c4OC)c4ccccc34)ccn2)ccc1C(=O)N[C@@H](CO)C(=O)O. The van der Waals surface area contributed by atoms with E-state index in [1.54, 1.807) is 42.6 Å². The normalized spacial score (nSPS) is 12.2. The fourth-order valence-corrected chi connectivity index (χ4v) is 6.01. The summed E-state index contributed by atoms with van der Waals surface area (Å²) in [4.78, 5) is 41.8. The van der Waals surface area contributed by atoms with E-state index in [1.165, 1.54) is 26.5 Å². The molecule has 0 bridgehead atoms. The molecular weight excluding hydrogens is 729 g/mol. The van der Waals surface area contributed by atoms with E-state index >= 15 is 0 Å². The van der Waals surface area contributed by atoms with Crippen LogP contribution >= 0.6 is 0 Å². The number of carboxylic acid groups (broad SMARTS) is 1. The highest BCUT2D eigenvalue weighted by Gasteiger charge is 2.23. The maximum atomic E-state index is 13.5. The number of pyridine rings is 1. The van der Waals surface area contributed by atoms with Gasteiger partial charge in [-0.25, -0.2) is 18.8 Å². The number of aliphatic hydroxyl groups excluding tert-OH is 1. The number of carbonyl (C=O) groups excluding carboxylic acids is 2. The Balaban J connectivity index is 1.34. The lowest BCUT2D eigenvalue weighted by Gasteiger charge is -2.24. The number of ether oxygens (including phenoxy) is 3. The van der Waals surface area contributed by atoms with E-state index in [4.69, 9.17) is 19.3 Å². The van der Waals surface area contributed by atoms with Crippen molar-refractivity contribution < 1.29 is 43.0 Å². The summed E-state index contributed by atoms with van der Waals surface area (Å²) in [6.45, 7) is 5.34. The number of fused-ring (bicyclic) bond motifs is 1. The molecule has 55 heavy (non-hydrogen) atoms. The Morgan fingerprint density at radius 1 is 0.855 bits per heavy atom. The van der Waals surface area contributed by atoms with Gasteiger partial charge < -0.3 is 50.4 Å². The third-order valence-electron chi connectivity index (χ3n) is 8.26. The van der Waals surface area contributed by atoms with Gasteiger partial charge in [-0.2, -0.15) is 0 Å². The van der Waals surface area contributed by atoms with Crippen LogP contribution in [0.15, 0.2) is 85.1 Å². The number of hydrogen-bond acceptors (Lipinski definition) is 10. The summed E-state index contributed by atoms with van der Waals surface area (Å²) in [6.07, 6.45) is 3.07. The van der Waals surface area contributed by atoms with Crippen molar-refractivity contribution in [3.05, 3.63) is 96.2 Å². The summed E-state index contributed by atoms with van der Waals surface area (Å²) < 4.78 is 32.3. The number of carboxylic acids is 1. The number of aromatic nitrogens is 1. The van der Waals surface area contributed by atoms with E-state index < -0.39 is 41.5 Å². The van der Waals surface area contributed by atoms with Crippen LogP contribution in [0.1, 0.15) is 36.7 Å². The van der Waals surface area contributed by atoms with Crippen LogP contribution in [-0.4, -0.2) is 70.4 Å². The largest absolute Gasteiger partial charge is 0.496 e. The predicted octanol–water partition coefficient (Wildman–Crippen LogP) is 6.61. The number of nitrogens with zero attached hydrogens (tertiary/aromatic N) is 1. The average Bonchev–Trinajstić information content (AvgIpc) is 3.14. The van der Waals surface area contributed by atoms with Gasteiger partial charge >= 0.3 is 12.0 Å². The number of benzene rings is 4. The first-order valence-corrected chi connectivity index (χ1v) is 18.4. The second-order valence-electron chi connectivity index (χ2n) is 13.2. The third kappa shape index (κ3) is 9.78. The molecule has 5 aromatic rings. The van der Waals surface area contributed by atoms with Crippen molar-refractivity contribution in [3.8, 4) is 23.0 Å². The molecule has 3 amide bonds. The van der Waals surface area contributed by atoms with Crippen molar-refractivity contribution in [2.75, 3.05) is 47.8 Å². The minimum atomic E-state index is -1.47. The number of amides is 3. The molecule has 5 rings (SSSR count). The zero-order valence-corrected chi connectivity index (χ0v) is 31.8. The molecule has 1 unspecified atom stereocenters. The average molecular weight is 771 g/mol. The second-order valence-corrected chi connectivity index (χ2v) is 14.3. The fraction of sp³-hybridized carbons (Fsp3) is 0.231. The van der Waals surface area contributed by atoms with Crippen LogP contribution in [0.3, 0.4) is 0 Å². The van der Waals surface area contributed by atoms with Crippen LogP contribution in [0, 0.1) is 0 Å². The molecule has 0 spiro atoms. The van der Waals surface area contributed by atoms with Crippen LogP contribution in [0.5, 0.6) is 23.0 Å². The summed E-state index contributed by atoms with van der Waals surface area (Å²) in [7, 11) is 1.47. The molecule has 0 aliphatic heterocycles. The highest BCUT2D eigenvalue weighted by molar-refractivity contribution is 7.85. The quantitative estimate of drug-likeness (QED) is 0.0639. The smallest absolute Gasteiger partial charge is 0.328 e. The Bertz CT molecular complexity index is 2260. The summed E-state index contributed by atoms with van der Waals surface area (Å²) >= 11 is 0. The van der Waals surface area contributed by atoms with Gasteiger partial charge in [-0.1, -0.05) is 45.0 Å². The molecule has 0 saturated carbocycles. The lowest BCUT2D eigenvalue weighted by Crippen LogP contribution is -2.43. The van der Waals surface area contributed by atoms with E-state index in [2.05, 4.69) is 31.0 Å². The molecule has 15 nitrogen and oxygen atoms in total. The highest BCUT2D eigenvalue weighted by atomic mass is 32.2. The molecule has 16 heteroatoms. The minimum absolute atomic E-state index is 0.0757. The number of hydrogen-bond donors (Lipinski definition) is 7. The van der Waals surface area contributed by atoms with Crippen molar-refractivity contribution in [2.45, 2.75) is 32.2 Å². The minimum Gasteiger partial charge on any atom is -0.496 e. The zero-order chi connectivity index (χ0) is 39.9. The molecular formula is C39H42N6O9S. The standard InChI is InChI=1S/C39H42N6O9S/c1-39(2,3)22-17-29(35(53-5)30(18-22)45-55(6)51)44-38(50)43-28-13-14-32(26-10-8-7-9-25(26)28)54-24-15-16-40-34(20-24)41-23-11-12-27(33(19-23)52-4)36(47)42-31(21-46)37(48)49/h7-20,31,45-46H,21H2,1-6H3,(H,40,41)(H,42,47)(H,48,49)(H2,43,44,50)/t31-,55?/m0/s1. The molecule has 0 radical (unpaired) electrons. The van der Waals surface area contributed by atoms with Gasteiger partial charge in [0.2, 0.25) is 0 Å². The Kier molecular flexibility index (Phi) is 12.4. The summed E-state index contributed by atoms with van der Waals surface area (Å²) in [6, 6.07) is 20.6. The Morgan fingerprint density at radius 2 is 1.56 bits per heavy atom. The Morgan fingerprint density at radius 3 is 2.22 bits per heavy atom. The number of aliphatic carboxylic acids is 1. The van der Waals surface area contributed by atoms with Crippen molar-refractivity contribution in [3.63, 3.8) is 0 Å². The van der Waals surface area contributed by atoms with Crippen LogP contribution in [-0.2, 0) is 21.2 Å². The summed E-state index contributed by atoms with van der Waals surface area (Å²) in [5.41, 5.74) is 2.63. The molecule has 0 aliphatic rings. The van der Waals surface area contributed by atoms with Crippen molar-refractivity contribution in [2.24, 2.45) is 0 Å². The van der Waals surface area contributed by atoms with Crippen molar-refractivity contribution >= 4 is 68.2 Å². The lowest BCUT2D eigenvalue weighted by atomic mass is 9.86. The van der Waals surface area contributed by atoms with Gasteiger partial charge in [0, 0.05) is 41.0 Å². The topological polar surface area (TPSA) is 209 Å². The number of aliphatic hydroxyl groups is 1. The maximum absolute atomic E-state index is 13.5. The van der Waals surface area contributed by atoms with E-state index in [-0.39, 0.29) is 16.7 Å². The number of rotatable bonds is 14. The number of nitrogens with one attached hydrogen (secondary N) is 5. The first-order chi connectivity index (χ1) is 26.2. The van der Waals surface area contributed by atoms with Crippen LogP contribution in [0.4, 0.5) is 33.4 Å². The molecule has 0 fully saturated rings. The van der Waals surface area contributed by atoms with Crippen molar-refractivity contribution in [1.82, 2.24) is 10.3 Å². The number of urea groups is 1. The zero-order valence-electron chi connectivity index (χ0n) is 31.0. The number of methoxy groups -OCH3 is 2. The molecule has 4 aromatic carbocycles. The van der Waals surface area contributed by atoms with Crippen molar-refractivity contribution in [1.29, 1.82) is 0 Å². The second kappa shape index (κ2) is 17.2. The van der Waals surface area contributed by atoms with Gasteiger partial charge in [-0.15, -0.1) is 0 Å². The molecule has 0 saturated heterocycles. The van der Waals surface area contributed by atoms with Gasteiger partial charge in [-0.3, -0.25) is 4.79 Å². The first-order valence-electron chi connectivity index (χ1n) is 16.9. The van der Waals surface area contributed by atoms with Crippen LogP contribution < -0.4 is 40.2 Å². The fourth-order valence-electron chi connectivity index (χ4n) is 5.55. The third-order valence-corrected chi connectivity index (χ3v) is 8.76. The van der Waals surface area contributed by atoms with Gasteiger partial charge in [-0.05, 0) is 53.4 Å². The van der Waals surface area contributed by atoms with E-state index in [1.807, 2.05) is 57.2 Å². The monoisotopic (exact) mass is 770 g/mol. The molecule has 0 aliphatic carbocycles. The van der Waals surface area contributed by atoms with E-state index in [9.17, 15) is 23.7 Å². The first kappa shape index (κ1) is 39.8. The van der Waals surface area contributed by atoms with Gasteiger partial charge in [0.1, 0.15) is 34.1 Å². The number of anilines is 5. The molecule has 1 heterocycles. The van der Waals surface area contributed by atoms with Gasteiger partial charge in [0.05, 0.1) is 43.5 Å². The predicted molar refractivity (Wildman–Crippen MR) is 213 cm³/mol. The molecule has 7 N–H and O–H groups in total. The molecule has 1 aromatic heterocycles. The number of carbonyl (C=O) groups is 3. The van der Waals surface area contributed by atoms with E-state index in [0.717, 1.165) is 10.9 Å². The van der Waals surface area contributed by atoms with Crippen LogP contribution in [0.25, 0.3) is 10.8 Å². The Labute approximate surface area is 320 Å².